The van der Waals surface area contributed by atoms with Gasteiger partial charge in [-0.1, -0.05) is 36.4 Å². The van der Waals surface area contributed by atoms with Crippen LogP contribution >= 0.6 is 12.2 Å². The van der Waals surface area contributed by atoms with Crippen LogP contribution in [0, 0.1) is 0 Å². The fraction of sp³-hybridized carbons (Fsp3) is 0.278. The van der Waals surface area contributed by atoms with Crippen molar-refractivity contribution in [1.82, 2.24) is 4.90 Å². The molecule has 3 rings (SSSR count). The minimum atomic E-state index is 0.706. The van der Waals surface area contributed by atoms with E-state index >= 15 is 0 Å². The number of rotatable bonds is 5. The normalized spacial score (nSPS) is 16.0. The highest BCUT2D eigenvalue weighted by atomic mass is 32.1. The van der Waals surface area contributed by atoms with E-state index in [1.165, 1.54) is 0 Å². The number of nitrogens with zero attached hydrogens (tertiary/aromatic N) is 3. The van der Waals surface area contributed by atoms with E-state index in [4.69, 9.17) is 17.0 Å². The molecule has 0 amide bonds. The molecule has 23 heavy (non-hydrogen) atoms. The van der Waals surface area contributed by atoms with Gasteiger partial charge in [0.25, 0.3) is 0 Å². The molecule has 0 atom stereocenters. The van der Waals surface area contributed by atoms with Crippen molar-refractivity contribution in [3.8, 4) is 0 Å². The molecule has 1 heterocycles. The zero-order valence-corrected chi connectivity index (χ0v) is 14.1. The smallest absolute Gasteiger partial charge is 0.182 e. The van der Waals surface area contributed by atoms with E-state index in [0.29, 0.717) is 6.61 Å². The summed E-state index contributed by atoms with van der Waals surface area (Å²) in [6.07, 6.45) is 0. The summed E-state index contributed by atoms with van der Waals surface area (Å²) >= 11 is 5.77. The summed E-state index contributed by atoms with van der Waals surface area (Å²) in [5.41, 5.74) is 2.22. The van der Waals surface area contributed by atoms with Crippen LogP contribution < -0.4 is 9.80 Å². The Labute approximate surface area is 142 Å². The van der Waals surface area contributed by atoms with E-state index in [9.17, 15) is 0 Å². The first kappa shape index (κ1) is 15.9. The quantitative estimate of drug-likeness (QED) is 0.783. The van der Waals surface area contributed by atoms with Crippen molar-refractivity contribution in [1.29, 1.82) is 0 Å². The van der Waals surface area contributed by atoms with Gasteiger partial charge >= 0.3 is 0 Å². The van der Waals surface area contributed by atoms with Gasteiger partial charge in [-0.15, -0.1) is 0 Å². The van der Waals surface area contributed by atoms with Crippen molar-refractivity contribution in [2.24, 2.45) is 0 Å². The molecule has 1 fully saturated rings. The van der Waals surface area contributed by atoms with Crippen LogP contribution in [0.5, 0.6) is 0 Å². The molecule has 1 saturated heterocycles. The number of anilines is 2. The van der Waals surface area contributed by atoms with Crippen LogP contribution in [0.25, 0.3) is 0 Å². The molecular formula is C18H21N3OS. The molecule has 0 aromatic heterocycles. The van der Waals surface area contributed by atoms with Crippen LogP contribution in [0.15, 0.2) is 60.7 Å². The Morgan fingerprint density at radius 2 is 1.35 bits per heavy atom. The van der Waals surface area contributed by atoms with E-state index in [-0.39, 0.29) is 0 Å². The molecule has 1 aliphatic heterocycles. The highest BCUT2D eigenvalue weighted by molar-refractivity contribution is 7.80. The van der Waals surface area contributed by atoms with Gasteiger partial charge in [0, 0.05) is 25.0 Å². The number of hydrogen-bond acceptors (Lipinski definition) is 3. The van der Waals surface area contributed by atoms with E-state index in [1.54, 1.807) is 7.11 Å². The summed E-state index contributed by atoms with van der Waals surface area (Å²) in [6, 6.07) is 20.6. The Balaban J connectivity index is 1.88. The summed E-state index contributed by atoms with van der Waals surface area (Å²) in [7, 11) is 1.73. The van der Waals surface area contributed by atoms with Crippen molar-refractivity contribution < 1.29 is 4.74 Å². The standard InChI is InChI=1S/C18H21N3OS/c1-22-13-12-19-14-20(16-8-4-2-5-9-16)18(23)21(15-19)17-10-6-3-7-11-17/h2-11H,12-15H2,1H3. The Kier molecular flexibility index (Phi) is 5.23. The molecule has 2 aromatic carbocycles. The third-order valence-electron chi connectivity index (χ3n) is 3.89. The van der Waals surface area contributed by atoms with Gasteiger partial charge in [0.2, 0.25) is 0 Å². The van der Waals surface area contributed by atoms with Gasteiger partial charge in [0.05, 0.1) is 19.9 Å². The first-order valence-electron chi connectivity index (χ1n) is 7.70. The van der Waals surface area contributed by atoms with Crippen LogP contribution in [0.3, 0.4) is 0 Å². The molecule has 2 aromatic rings. The summed E-state index contributed by atoms with van der Waals surface area (Å²) < 4.78 is 5.24. The predicted molar refractivity (Wildman–Crippen MR) is 98.8 cm³/mol. The van der Waals surface area contributed by atoms with Crippen LogP contribution in [0.1, 0.15) is 0 Å². The largest absolute Gasteiger partial charge is 0.383 e. The third kappa shape index (κ3) is 3.69. The van der Waals surface area contributed by atoms with Gasteiger partial charge in [0.15, 0.2) is 5.11 Å². The van der Waals surface area contributed by atoms with Crippen molar-refractivity contribution in [3.63, 3.8) is 0 Å². The highest BCUT2D eigenvalue weighted by Crippen LogP contribution is 2.24. The van der Waals surface area contributed by atoms with Gasteiger partial charge in [-0.25, -0.2) is 0 Å². The number of benzene rings is 2. The minimum absolute atomic E-state index is 0.706. The van der Waals surface area contributed by atoms with Crippen LogP contribution in [0.4, 0.5) is 11.4 Å². The SMILES string of the molecule is COCCN1CN(c2ccccc2)C(=S)N(c2ccccc2)C1. The molecular weight excluding hydrogens is 306 g/mol. The minimum Gasteiger partial charge on any atom is -0.383 e. The van der Waals surface area contributed by atoms with Gasteiger partial charge < -0.3 is 14.5 Å². The van der Waals surface area contributed by atoms with Crippen molar-refractivity contribution in [3.05, 3.63) is 60.7 Å². The van der Waals surface area contributed by atoms with E-state index < -0.39 is 0 Å². The maximum Gasteiger partial charge on any atom is 0.182 e. The Morgan fingerprint density at radius 1 is 0.870 bits per heavy atom. The van der Waals surface area contributed by atoms with Crippen molar-refractivity contribution >= 4 is 28.7 Å². The van der Waals surface area contributed by atoms with Crippen molar-refractivity contribution in [2.45, 2.75) is 0 Å². The topological polar surface area (TPSA) is 19.0 Å². The zero-order chi connectivity index (χ0) is 16.1. The average Bonchev–Trinajstić information content (AvgIpc) is 2.62. The number of para-hydroxylation sites is 2. The summed E-state index contributed by atoms with van der Waals surface area (Å²) in [5, 5.41) is 0.830. The van der Waals surface area contributed by atoms with E-state index in [2.05, 4.69) is 39.0 Å². The molecule has 120 valence electrons. The summed E-state index contributed by atoms with van der Waals surface area (Å²) in [5.74, 6) is 0. The van der Waals surface area contributed by atoms with Gasteiger partial charge in [-0.2, -0.15) is 0 Å². The molecule has 1 aliphatic rings. The average molecular weight is 327 g/mol. The number of thiocarbonyl (C=S) groups is 1. The van der Waals surface area contributed by atoms with Gasteiger partial charge in [-0.3, -0.25) is 4.90 Å². The molecule has 0 aliphatic carbocycles. The molecule has 4 nitrogen and oxygen atoms in total. The second-order valence-corrected chi connectivity index (χ2v) is 5.84. The zero-order valence-electron chi connectivity index (χ0n) is 13.3. The van der Waals surface area contributed by atoms with E-state index in [0.717, 1.165) is 36.4 Å². The number of hydrogen-bond donors (Lipinski definition) is 0. The molecule has 0 spiro atoms. The Hall–Kier alpha value is -1.95. The summed E-state index contributed by atoms with van der Waals surface area (Å²) in [6.45, 7) is 3.12. The van der Waals surface area contributed by atoms with Crippen LogP contribution in [-0.2, 0) is 4.74 Å². The first-order chi connectivity index (χ1) is 11.3. The Bertz CT molecular complexity index is 584. The lowest BCUT2D eigenvalue weighted by molar-refractivity contribution is 0.148. The third-order valence-corrected chi connectivity index (χ3v) is 4.33. The van der Waals surface area contributed by atoms with Gasteiger partial charge in [-0.05, 0) is 36.5 Å². The van der Waals surface area contributed by atoms with Gasteiger partial charge in [0.1, 0.15) is 0 Å². The summed E-state index contributed by atoms with van der Waals surface area (Å²) in [4.78, 5) is 6.67. The first-order valence-corrected chi connectivity index (χ1v) is 8.11. The fourth-order valence-electron chi connectivity index (χ4n) is 2.67. The molecule has 5 heteroatoms. The van der Waals surface area contributed by atoms with Crippen molar-refractivity contribution in [2.75, 3.05) is 43.4 Å². The van der Waals surface area contributed by atoms with E-state index in [1.807, 2.05) is 36.4 Å². The lowest BCUT2D eigenvalue weighted by Gasteiger charge is -2.44. The maximum absolute atomic E-state index is 5.77. The molecule has 0 radical (unpaired) electrons. The monoisotopic (exact) mass is 327 g/mol. The lowest BCUT2D eigenvalue weighted by atomic mass is 10.2. The molecule has 0 saturated carbocycles. The predicted octanol–water partition coefficient (Wildman–Crippen LogP) is 3.16. The van der Waals surface area contributed by atoms with Crippen LogP contribution in [0.2, 0.25) is 0 Å². The highest BCUT2D eigenvalue weighted by Gasteiger charge is 2.28. The second-order valence-electron chi connectivity index (χ2n) is 5.48. The lowest BCUT2D eigenvalue weighted by Crippen LogP contribution is -2.59. The maximum atomic E-state index is 5.77. The van der Waals surface area contributed by atoms with Crippen LogP contribution in [-0.4, -0.2) is 43.6 Å². The Morgan fingerprint density at radius 3 is 1.78 bits per heavy atom. The fourth-order valence-corrected chi connectivity index (χ4v) is 3.00. The molecule has 0 unspecified atom stereocenters. The second kappa shape index (κ2) is 7.55. The number of ether oxygens (including phenoxy) is 1. The number of methoxy groups -OCH3 is 1. The molecule has 0 N–H and O–H groups in total. The molecule has 0 bridgehead atoms.